The zero-order chi connectivity index (χ0) is 16.9. The summed E-state index contributed by atoms with van der Waals surface area (Å²) in [5, 5.41) is 5.92. The molecule has 1 unspecified atom stereocenters. The lowest BCUT2D eigenvalue weighted by molar-refractivity contribution is -0.116. The molecule has 0 spiro atoms. The Morgan fingerprint density at radius 3 is 2.92 bits per heavy atom. The zero-order valence-electron chi connectivity index (χ0n) is 13.9. The molecule has 25 heavy (non-hydrogen) atoms. The molecule has 0 aromatic heterocycles. The van der Waals surface area contributed by atoms with Crippen LogP contribution < -0.4 is 21.1 Å². The van der Waals surface area contributed by atoms with E-state index < -0.39 is 0 Å². The van der Waals surface area contributed by atoms with Gasteiger partial charge in [0.1, 0.15) is 5.75 Å². The summed E-state index contributed by atoms with van der Waals surface area (Å²) in [4.78, 5) is 16.2. The Bertz CT molecular complexity index is 779. The summed E-state index contributed by atoms with van der Waals surface area (Å²) in [7, 11) is 1.61. The molecule has 6 nitrogen and oxygen atoms in total. The predicted octanol–water partition coefficient (Wildman–Crippen LogP) is 3.17. The molecule has 2 aromatic rings. The summed E-state index contributed by atoms with van der Waals surface area (Å²) in [6.45, 7) is 0.452. The highest BCUT2D eigenvalue weighted by molar-refractivity contribution is 14.0. The van der Waals surface area contributed by atoms with Gasteiger partial charge in [-0.05, 0) is 23.8 Å². The van der Waals surface area contributed by atoms with E-state index in [1.165, 1.54) is 0 Å². The van der Waals surface area contributed by atoms with Crippen LogP contribution in [-0.2, 0) is 4.79 Å². The van der Waals surface area contributed by atoms with Crippen LogP contribution in [0, 0.1) is 0 Å². The van der Waals surface area contributed by atoms with Crippen molar-refractivity contribution in [2.45, 2.75) is 12.3 Å². The molecule has 132 valence electrons. The number of benzene rings is 2. The van der Waals surface area contributed by atoms with E-state index in [1.807, 2.05) is 48.5 Å². The molecule has 7 heteroatoms. The molecule has 0 saturated heterocycles. The van der Waals surface area contributed by atoms with Gasteiger partial charge in [0.2, 0.25) is 5.91 Å². The lowest BCUT2D eigenvalue weighted by Gasteiger charge is -2.24. The van der Waals surface area contributed by atoms with Crippen molar-refractivity contribution in [3.63, 3.8) is 0 Å². The minimum Gasteiger partial charge on any atom is -0.497 e. The number of methoxy groups -OCH3 is 1. The summed E-state index contributed by atoms with van der Waals surface area (Å²) in [5.74, 6) is 1.09. The normalized spacial score (nSPS) is 16.3. The molecule has 1 aliphatic rings. The number of aliphatic imine (C=N–C) groups is 1. The molecule has 1 atom stereocenters. The number of anilines is 2. The van der Waals surface area contributed by atoms with Gasteiger partial charge in [0, 0.05) is 29.8 Å². The molecule has 0 radical (unpaired) electrons. The van der Waals surface area contributed by atoms with Gasteiger partial charge in [-0.15, -0.1) is 24.0 Å². The van der Waals surface area contributed by atoms with Gasteiger partial charge >= 0.3 is 0 Å². The number of hydrogen-bond donors (Lipinski definition) is 3. The van der Waals surface area contributed by atoms with Crippen molar-refractivity contribution in [1.29, 1.82) is 0 Å². The van der Waals surface area contributed by atoms with Gasteiger partial charge in [-0.25, -0.2) is 0 Å². The summed E-state index contributed by atoms with van der Waals surface area (Å²) in [6.07, 6.45) is 0.410. The van der Waals surface area contributed by atoms with Crippen LogP contribution in [0.4, 0.5) is 11.4 Å². The minimum atomic E-state index is 0. The Morgan fingerprint density at radius 1 is 1.32 bits per heavy atom. The molecule has 1 aliphatic heterocycles. The van der Waals surface area contributed by atoms with Crippen molar-refractivity contribution in [3.05, 3.63) is 54.1 Å². The number of para-hydroxylation sites is 1. The second-order valence-corrected chi connectivity index (χ2v) is 5.62. The van der Waals surface area contributed by atoms with Crippen LogP contribution in [0.1, 0.15) is 17.9 Å². The predicted molar refractivity (Wildman–Crippen MR) is 111 cm³/mol. The first-order valence-electron chi connectivity index (χ1n) is 7.75. The summed E-state index contributed by atoms with van der Waals surface area (Å²) < 4.78 is 5.18. The monoisotopic (exact) mass is 452 g/mol. The van der Waals surface area contributed by atoms with Gasteiger partial charge in [0.15, 0.2) is 5.96 Å². The van der Waals surface area contributed by atoms with Gasteiger partial charge in [0.05, 0.1) is 13.7 Å². The molecule has 0 fully saturated rings. The minimum absolute atomic E-state index is 0. The smallest absolute Gasteiger partial charge is 0.225 e. The van der Waals surface area contributed by atoms with Crippen molar-refractivity contribution in [3.8, 4) is 5.75 Å². The van der Waals surface area contributed by atoms with Crippen LogP contribution in [0.25, 0.3) is 0 Å². The topological polar surface area (TPSA) is 88.7 Å². The van der Waals surface area contributed by atoms with Crippen LogP contribution in [0.5, 0.6) is 5.75 Å². The van der Waals surface area contributed by atoms with E-state index in [0.29, 0.717) is 18.9 Å². The molecule has 4 N–H and O–H groups in total. The lowest BCUT2D eigenvalue weighted by Crippen LogP contribution is -2.27. The second kappa shape index (κ2) is 8.70. The average molecular weight is 452 g/mol. The Balaban J connectivity index is 0.00000225. The average Bonchev–Trinajstić information content (AvgIpc) is 2.59. The van der Waals surface area contributed by atoms with Crippen molar-refractivity contribution < 1.29 is 9.53 Å². The molecule has 2 aromatic carbocycles. The second-order valence-electron chi connectivity index (χ2n) is 5.62. The number of hydrogen-bond acceptors (Lipinski definition) is 3. The fourth-order valence-corrected chi connectivity index (χ4v) is 2.76. The maximum atomic E-state index is 11.8. The molecular weight excluding hydrogens is 431 g/mol. The summed E-state index contributed by atoms with van der Waals surface area (Å²) in [6, 6.07) is 15.2. The number of ether oxygens (including phenoxy) is 1. The first-order valence-corrected chi connectivity index (χ1v) is 7.75. The van der Waals surface area contributed by atoms with E-state index in [2.05, 4.69) is 15.6 Å². The number of halogens is 1. The largest absolute Gasteiger partial charge is 0.497 e. The fraction of sp³-hybridized carbons (Fsp3) is 0.222. The quantitative estimate of drug-likeness (QED) is 0.378. The van der Waals surface area contributed by atoms with Gasteiger partial charge in [0.25, 0.3) is 0 Å². The highest BCUT2D eigenvalue weighted by Gasteiger charge is 2.24. The lowest BCUT2D eigenvalue weighted by atomic mass is 9.91. The SMILES string of the molecule is COc1cccc(NC(N)=NCC2CC(=O)Nc3ccccc32)c1.I. The highest BCUT2D eigenvalue weighted by atomic mass is 127. The van der Waals surface area contributed by atoms with Crippen LogP contribution in [0.15, 0.2) is 53.5 Å². The zero-order valence-corrected chi connectivity index (χ0v) is 16.2. The molecule has 3 rings (SSSR count). The third kappa shape index (κ3) is 4.85. The Morgan fingerprint density at radius 2 is 2.12 bits per heavy atom. The van der Waals surface area contributed by atoms with Crippen molar-refractivity contribution >= 4 is 47.2 Å². The molecule has 1 amide bonds. The first-order chi connectivity index (χ1) is 11.7. The molecular formula is C18H21IN4O2. The van der Waals surface area contributed by atoms with Crippen LogP contribution in [0.2, 0.25) is 0 Å². The number of carbonyl (C=O) groups excluding carboxylic acids is 1. The Hall–Kier alpha value is -2.29. The maximum Gasteiger partial charge on any atom is 0.225 e. The van der Waals surface area contributed by atoms with Gasteiger partial charge in [-0.1, -0.05) is 24.3 Å². The number of nitrogens with two attached hydrogens (primary N) is 1. The van der Waals surface area contributed by atoms with Gasteiger partial charge < -0.3 is 21.1 Å². The number of fused-ring (bicyclic) bond motifs is 1. The molecule has 0 saturated carbocycles. The molecule has 1 heterocycles. The van der Waals surface area contributed by atoms with E-state index in [9.17, 15) is 4.79 Å². The summed E-state index contributed by atoms with van der Waals surface area (Å²) in [5.41, 5.74) is 8.72. The van der Waals surface area contributed by atoms with E-state index in [1.54, 1.807) is 7.11 Å². The first kappa shape index (κ1) is 19.0. The Kier molecular flexibility index (Phi) is 6.63. The number of rotatable bonds is 4. The molecule has 0 bridgehead atoms. The standard InChI is InChI=1S/C18H20N4O2.HI/c1-24-14-6-4-5-13(10-14)21-18(19)20-11-12-9-17(23)22-16-8-3-2-7-15(12)16;/h2-8,10,12H,9,11H2,1H3,(H,22,23)(H3,19,20,21);1H. The fourth-order valence-electron chi connectivity index (χ4n) is 2.76. The van der Waals surface area contributed by atoms with E-state index in [0.717, 1.165) is 22.7 Å². The molecule has 0 aliphatic carbocycles. The van der Waals surface area contributed by atoms with E-state index in [4.69, 9.17) is 10.5 Å². The van der Waals surface area contributed by atoms with Crippen LogP contribution in [-0.4, -0.2) is 25.5 Å². The number of nitrogens with zero attached hydrogens (tertiary/aromatic N) is 1. The highest BCUT2D eigenvalue weighted by Crippen LogP contribution is 2.32. The van der Waals surface area contributed by atoms with Crippen molar-refractivity contribution in [2.24, 2.45) is 10.7 Å². The van der Waals surface area contributed by atoms with Crippen molar-refractivity contribution in [1.82, 2.24) is 0 Å². The van der Waals surface area contributed by atoms with E-state index in [-0.39, 0.29) is 35.8 Å². The maximum absolute atomic E-state index is 11.8. The number of amides is 1. The number of nitrogens with one attached hydrogen (secondary N) is 2. The summed E-state index contributed by atoms with van der Waals surface area (Å²) >= 11 is 0. The van der Waals surface area contributed by atoms with Crippen LogP contribution in [0.3, 0.4) is 0 Å². The third-order valence-corrected chi connectivity index (χ3v) is 3.93. The number of carbonyl (C=O) groups is 1. The Labute approximate surface area is 163 Å². The van der Waals surface area contributed by atoms with Gasteiger partial charge in [-0.3, -0.25) is 9.79 Å². The van der Waals surface area contributed by atoms with Gasteiger partial charge in [-0.2, -0.15) is 0 Å². The van der Waals surface area contributed by atoms with Crippen LogP contribution >= 0.6 is 24.0 Å². The number of guanidine groups is 1. The third-order valence-electron chi connectivity index (χ3n) is 3.93. The van der Waals surface area contributed by atoms with Crippen molar-refractivity contribution in [2.75, 3.05) is 24.3 Å². The van der Waals surface area contributed by atoms with E-state index >= 15 is 0 Å².